The van der Waals surface area contributed by atoms with Crippen molar-refractivity contribution in [3.63, 3.8) is 0 Å². The van der Waals surface area contributed by atoms with Gasteiger partial charge < -0.3 is 15.5 Å². The fourth-order valence-corrected chi connectivity index (χ4v) is 3.60. The van der Waals surface area contributed by atoms with E-state index in [1.54, 1.807) is 6.08 Å². The van der Waals surface area contributed by atoms with E-state index in [9.17, 15) is 15.0 Å². The van der Waals surface area contributed by atoms with Gasteiger partial charge in [0.05, 0.1) is 18.8 Å². The first-order valence-electron chi connectivity index (χ1n) is 13.1. The zero-order valence-corrected chi connectivity index (χ0v) is 20.5. The molecule has 4 nitrogen and oxygen atoms in total. The number of amides is 1. The molecule has 0 bridgehead atoms. The maximum absolute atomic E-state index is 11.9. The predicted octanol–water partition coefficient (Wildman–Crippen LogP) is 6.61. The molecule has 3 N–H and O–H groups in total. The van der Waals surface area contributed by atoms with Crippen LogP contribution in [0.5, 0.6) is 0 Å². The number of unbranched alkanes of at least 4 members (excludes halogenated alkanes) is 13. The molecule has 0 fully saturated rings. The second kappa shape index (κ2) is 23.5. The third-order valence-corrected chi connectivity index (χ3v) is 5.69. The first kappa shape index (κ1) is 29.9. The van der Waals surface area contributed by atoms with Crippen LogP contribution in [-0.4, -0.2) is 34.9 Å². The third kappa shape index (κ3) is 20.5. The van der Waals surface area contributed by atoms with E-state index >= 15 is 0 Å². The van der Waals surface area contributed by atoms with Crippen LogP contribution in [0.15, 0.2) is 24.3 Å². The van der Waals surface area contributed by atoms with Crippen LogP contribution < -0.4 is 5.32 Å². The molecule has 0 aliphatic carbocycles. The Bertz CT molecular complexity index is 448. The molecular weight excluding hydrogens is 386 g/mol. The largest absolute Gasteiger partial charge is 0.394 e. The molecule has 0 rings (SSSR count). The molecule has 1 amide bonds. The molecule has 0 aromatic carbocycles. The van der Waals surface area contributed by atoms with E-state index < -0.39 is 12.1 Å². The van der Waals surface area contributed by atoms with E-state index in [4.69, 9.17) is 0 Å². The molecule has 0 aliphatic heterocycles. The Hall–Kier alpha value is -1.13. The number of nitrogens with one attached hydrogen (secondary N) is 1. The lowest BCUT2D eigenvalue weighted by Crippen LogP contribution is -2.45. The summed E-state index contributed by atoms with van der Waals surface area (Å²) in [6.07, 6.45) is 27.1. The normalized spacial score (nSPS) is 13.8. The van der Waals surface area contributed by atoms with Crippen molar-refractivity contribution < 1.29 is 15.0 Å². The Morgan fingerprint density at radius 1 is 0.742 bits per heavy atom. The van der Waals surface area contributed by atoms with E-state index in [2.05, 4.69) is 31.3 Å². The highest BCUT2D eigenvalue weighted by atomic mass is 16.3. The zero-order valence-electron chi connectivity index (χ0n) is 20.5. The highest BCUT2D eigenvalue weighted by molar-refractivity contribution is 5.76. The number of allylic oxidation sites excluding steroid dienone is 3. The fourth-order valence-electron chi connectivity index (χ4n) is 3.60. The van der Waals surface area contributed by atoms with Crippen molar-refractivity contribution in [2.24, 2.45) is 0 Å². The number of rotatable bonds is 22. The lowest BCUT2D eigenvalue weighted by atomic mass is 10.1. The summed E-state index contributed by atoms with van der Waals surface area (Å²) in [4.78, 5) is 11.9. The first-order chi connectivity index (χ1) is 15.2. The summed E-state index contributed by atoms with van der Waals surface area (Å²) < 4.78 is 0. The van der Waals surface area contributed by atoms with Crippen LogP contribution in [0, 0.1) is 0 Å². The van der Waals surface area contributed by atoms with Gasteiger partial charge in [-0.05, 0) is 32.1 Å². The number of hydrogen-bond acceptors (Lipinski definition) is 3. The number of aliphatic hydroxyl groups excluding tert-OH is 2. The summed E-state index contributed by atoms with van der Waals surface area (Å²) in [5.74, 6) is -0.0953. The SMILES string of the molecule is CCCCCCCCCCC/C=C/CC/C=C/C(O)C(CO)NC(=O)CCCCCC. The van der Waals surface area contributed by atoms with Crippen molar-refractivity contribution in [3.8, 4) is 0 Å². The average Bonchev–Trinajstić information content (AvgIpc) is 2.77. The van der Waals surface area contributed by atoms with E-state index in [1.807, 2.05) is 6.08 Å². The summed E-state index contributed by atoms with van der Waals surface area (Å²) >= 11 is 0. The van der Waals surface area contributed by atoms with Gasteiger partial charge in [-0.1, -0.05) is 109 Å². The Balaban J connectivity index is 3.72. The molecule has 31 heavy (non-hydrogen) atoms. The van der Waals surface area contributed by atoms with Gasteiger partial charge in [-0.15, -0.1) is 0 Å². The molecule has 2 unspecified atom stereocenters. The molecule has 4 heteroatoms. The minimum absolute atomic E-state index is 0.0953. The van der Waals surface area contributed by atoms with Gasteiger partial charge in [-0.25, -0.2) is 0 Å². The molecule has 0 saturated heterocycles. The van der Waals surface area contributed by atoms with E-state index in [0.717, 1.165) is 44.9 Å². The standard InChI is InChI=1S/C27H51NO3/c1-3-5-7-9-10-11-12-13-14-15-16-17-18-19-20-22-26(30)25(24-29)28-27(31)23-21-8-6-4-2/h16-17,20,22,25-26,29-30H,3-15,18-19,21,23-24H2,1-2H3,(H,28,31)/b17-16+,22-20+. The summed E-state index contributed by atoms with van der Waals surface area (Å²) in [6.45, 7) is 4.14. The van der Waals surface area contributed by atoms with Gasteiger partial charge in [0.2, 0.25) is 5.91 Å². The summed E-state index contributed by atoms with van der Waals surface area (Å²) in [6, 6.07) is -0.628. The smallest absolute Gasteiger partial charge is 0.220 e. The summed E-state index contributed by atoms with van der Waals surface area (Å²) in [7, 11) is 0. The average molecular weight is 438 g/mol. The molecule has 0 heterocycles. The van der Waals surface area contributed by atoms with Crippen molar-refractivity contribution in [2.75, 3.05) is 6.61 Å². The van der Waals surface area contributed by atoms with Gasteiger partial charge >= 0.3 is 0 Å². The molecule has 182 valence electrons. The van der Waals surface area contributed by atoms with Gasteiger partial charge in [0.1, 0.15) is 0 Å². The van der Waals surface area contributed by atoms with Gasteiger partial charge in [-0.3, -0.25) is 4.79 Å². The van der Waals surface area contributed by atoms with Gasteiger partial charge in [0, 0.05) is 6.42 Å². The number of aliphatic hydroxyl groups is 2. The van der Waals surface area contributed by atoms with Crippen LogP contribution in [0.25, 0.3) is 0 Å². The van der Waals surface area contributed by atoms with Crippen LogP contribution in [0.4, 0.5) is 0 Å². The van der Waals surface area contributed by atoms with Gasteiger partial charge in [0.15, 0.2) is 0 Å². The molecule has 0 aromatic rings. The monoisotopic (exact) mass is 437 g/mol. The minimum Gasteiger partial charge on any atom is -0.394 e. The molecular formula is C27H51NO3. The highest BCUT2D eigenvalue weighted by Gasteiger charge is 2.17. The number of carbonyl (C=O) groups excluding carboxylic acids is 1. The summed E-state index contributed by atoms with van der Waals surface area (Å²) in [5, 5.41) is 22.4. The molecule has 0 saturated carbocycles. The van der Waals surface area contributed by atoms with Crippen molar-refractivity contribution >= 4 is 5.91 Å². The van der Waals surface area contributed by atoms with Crippen molar-refractivity contribution in [2.45, 2.75) is 135 Å². The summed E-state index contributed by atoms with van der Waals surface area (Å²) in [5.41, 5.74) is 0. The third-order valence-electron chi connectivity index (χ3n) is 5.69. The maximum Gasteiger partial charge on any atom is 0.220 e. The Morgan fingerprint density at radius 3 is 1.87 bits per heavy atom. The van der Waals surface area contributed by atoms with Crippen molar-refractivity contribution in [1.29, 1.82) is 0 Å². The molecule has 0 aromatic heterocycles. The van der Waals surface area contributed by atoms with E-state index in [1.165, 1.54) is 57.8 Å². The van der Waals surface area contributed by atoms with Crippen molar-refractivity contribution in [3.05, 3.63) is 24.3 Å². The van der Waals surface area contributed by atoms with Gasteiger partial charge in [0.25, 0.3) is 0 Å². The molecule has 2 atom stereocenters. The van der Waals surface area contributed by atoms with Crippen LogP contribution in [0.3, 0.4) is 0 Å². The minimum atomic E-state index is -0.851. The van der Waals surface area contributed by atoms with Crippen molar-refractivity contribution in [1.82, 2.24) is 5.32 Å². The number of carbonyl (C=O) groups is 1. The topological polar surface area (TPSA) is 69.6 Å². The predicted molar refractivity (Wildman–Crippen MR) is 133 cm³/mol. The van der Waals surface area contributed by atoms with Crippen LogP contribution in [0.1, 0.15) is 123 Å². The lowest BCUT2D eigenvalue weighted by Gasteiger charge is -2.19. The van der Waals surface area contributed by atoms with Gasteiger partial charge in [-0.2, -0.15) is 0 Å². The Morgan fingerprint density at radius 2 is 1.26 bits per heavy atom. The number of hydrogen-bond donors (Lipinski definition) is 3. The first-order valence-corrected chi connectivity index (χ1v) is 13.1. The van der Waals surface area contributed by atoms with E-state index in [-0.39, 0.29) is 12.5 Å². The fraction of sp³-hybridized carbons (Fsp3) is 0.815. The second-order valence-electron chi connectivity index (χ2n) is 8.75. The maximum atomic E-state index is 11.9. The van der Waals surface area contributed by atoms with Crippen LogP contribution in [0.2, 0.25) is 0 Å². The molecule has 0 spiro atoms. The van der Waals surface area contributed by atoms with E-state index in [0.29, 0.717) is 6.42 Å². The Labute approximate surface area is 192 Å². The van der Waals surface area contributed by atoms with Crippen LogP contribution in [-0.2, 0) is 4.79 Å². The quantitative estimate of drug-likeness (QED) is 0.132. The zero-order chi connectivity index (χ0) is 23.0. The second-order valence-corrected chi connectivity index (χ2v) is 8.75. The molecule has 0 aliphatic rings. The Kier molecular flexibility index (Phi) is 22.7. The van der Waals surface area contributed by atoms with Crippen LogP contribution >= 0.6 is 0 Å². The molecule has 0 radical (unpaired) electrons. The lowest BCUT2D eigenvalue weighted by molar-refractivity contribution is -0.123. The highest BCUT2D eigenvalue weighted by Crippen LogP contribution is 2.11.